The van der Waals surface area contributed by atoms with Crippen LogP contribution >= 0.6 is 22.7 Å². The van der Waals surface area contributed by atoms with E-state index in [1.165, 1.54) is 17.4 Å². The monoisotopic (exact) mass is 379 g/mol. The van der Waals surface area contributed by atoms with Gasteiger partial charge in [0.25, 0.3) is 0 Å². The Labute approximate surface area is 157 Å². The van der Waals surface area contributed by atoms with Gasteiger partial charge in [0.15, 0.2) is 0 Å². The fourth-order valence-electron chi connectivity index (χ4n) is 2.37. The average Bonchev–Trinajstić information content (AvgIpc) is 3.41. The van der Waals surface area contributed by atoms with E-state index >= 15 is 0 Å². The minimum atomic E-state index is -0.258. The lowest BCUT2D eigenvalue weighted by Gasteiger charge is -1.99. The number of benzene rings is 1. The zero-order valence-corrected chi connectivity index (χ0v) is 15.1. The van der Waals surface area contributed by atoms with Crippen molar-refractivity contribution in [3.8, 4) is 16.3 Å². The van der Waals surface area contributed by atoms with Crippen LogP contribution in [0, 0.1) is 0 Å². The Hall–Kier alpha value is -3.10. The molecule has 0 spiro atoms. The summed E-state index contributed by atoms with van der Waals surface area (Å²) in [4.78, 5) is 13.1. The minimum absolute atomic E-state index is 0.258. The average molecular weight is 379 g/mol. The highest BCUT2D eigenvalue weighted by Crippen LogP contribution is 2.28. The van der Waals surface area contributed by atoms with E-state index < -0.39 is 0 Å². The molecule has 1 N–H and O–H groups in total. The van der Waals surface area contributed by atoms with Gasteiger partial charge in [-0.3, -0.25) is 10.1 Å². The fraction of sp³-hybridized carbons (Fsp3) is 0. The molecule has 0 saturated carbocycles. The van der Waals surface area contributed by atoms with Crippen LogP contribution in [0.5, 0.6) is 0 Å². The summed E-state index contributed by atoms with van der Waals surface area (Å²) in [5, 5.41) is 17.4. The van der Waals surface area contributed by atoms with Crippen LogP contribution in [0.2, 0.25) is 0 Å². The summed E-state index contributed by atoms with van der Waals surface area (Å²) < 4.78 is 1.82. The lowest BCUT2D eigenvalue weighted by Crippen LogP contribution is -2.07. The first-order chi connectivity index (χ1) is 12.8. The minimum Gasteiger partial charge on any atom is -0.297 e. The number of amides is 1. The smallest absolute Gasteiger partial charge is 0.250 e. The van der Waals surface area contributed by atoms with Crippen LogP contribution in [0.1, 0.15) is 5.56 Å². The maximum absolute atomic E-state index is 12.1. The van der Waals surface area contributed by atoms with Gasteiger partial charge in [0.2, 0.25) is 11.0 Å². The van der Waals surface area contributed by atoms with Crippen molar-refractivity contribution in [3.05, 3.63) is 71.2 Å². The molecule has 0 aliphatic heterocycles. The van der Waals surface area contributed by atoms with Gasteiger partial charge in [0, 0.05) is 17.8 Å². The van der Waals surface area contributed by atoms with Gasteiger partial charge in [-0.15, -0.1) is 21.5 Å². The largest absolute Gasteiger partial charge is 0.297 e. The Morgan fingerprint density at radius 2 is 2.00 bits per heavy atom. The summed E-state index contributed by atoms with van der Waals surface area (Å²) in [5.41, 5.74) is 4.23. The maximum atomic E-state index is 12.1. The van der Waals surface area contributed by atoms with Gasteiger partial charge in [-0.05, 0) is 29.7 Å². The molecule has 1 aromatic carbocycles. The van der Waals surface area contributed by atoms with E-state index in [9.17, 15) is 4.79 Å². The summed E-state index contributed by atoms with van der Waals surface area (Å²) in [7, 11) is 0. The quantitative estimate of drug-likeness (QED) is 0.530. The number of aromatic nitrogens is 4. The lowest BCUT2D eigenvalue weighted by atomic mass is 10.2. The summed E-state index contributed by atoms with van der Waals surface area (Å²) in [6.45, 7) is 0. The van der Waals surface area contributed by atoms with E-state index in [0.29, 0.717) is 5.13 Å². The maximum Gasteiger partial charge on any atom is 0.250 e. The number of para-hydroxylation sites is 1. The Bertz CT molecular complexity index is 1020. The van der Waals surface area contributed by atoms with Crippen molar-refractivity contribution in [2.24, 2.45) is 0 Å². The SMILES string of the molecule is O=C(C=Cc1cn(-c2ccccc2)nc1-c1cccs1)Nc1nncs1. The van der Waals surface area contributed by atoms with Crippen LogP contribution in [0.15, 0.2) is 65.6 Å². The second-order valence-electron chi connectivity index (χ2n) is 5.26. The normalized spacial score (nSPS) is 11.1. The predicted molar refractivity (Wildman–Crippen MR) is 104 cm³/mol. The van der Waals surface area contributed by atoms with Crippen LogP contribution in [-0.4, -0.2) is 25.9 Å². The molecule has 8 heteroatoms. The molecule has 4 rings (SSSR count). The first-order valence-electron chi connectivity index (χ1n) is 7.74. The number of anilines is 1. The topological polar surface area (TPSA) is 72.7 Å². The van der Waals surface area contributed by atoms with E-state index in [0.717, 1.165) is 21.8 Å². The molecule has 0 atom stereocenters. The first-order valence-corrected chi connectivity index (χ1v) is 9.50. The molecule has 0 unspecified atom stereocenters. The fourth-order valence-corrected chi connectivity index (χ4v) is 3.55. The number of nitrogens with zero attached hydrogens (tertiary/aromatic N) is 4. The van der Waals surface area contributed by atoms with Crippen molar-refractivity contribution in [1.82, 2.24) is 20.0 Å². The molecule has 26 heavy (non-hydrogen) atoms. The molecule has 3 aromatic heterocycles. The van der Waals surface area contributed by atoms with Gasteiger partial charge in [0.05, 0.1) is 10.6 Å². The third kappa shape index (κ3) is 3.61. The van der Waals surface area contributed by atoms with Crippen LogP contribution in [-0.2, 0) is 4.79 Å². The van der Waals surface area contributed by atoms with E-state index in [1.807, 2.05) is 58.7 Å². The van der Waals surface area contributed by atoms with Crippen LogP contribution < -0.4 is 5.32 Å². The highest BCUT2D eigenvalue weighted by atomic mass is 32.1. The van der Waals surface area contributed by atoms with Crippen molar-refractivity contribution in [2.75, 3.05) is 5.32 Å². The number of rotatable bonds is 5. The third-order valence-corrected chi connectivity index (χ3v) is 5.01. The van der Waals surface area contributed by atoms with Crippen molar-refractivity contribution < 1.29 is 4.79 Å². The lowest BCUT2D eigenvalue weighted by molar-refractivity contribution is -0.111. The molecule has 4 aromatic rings. The van der Waals surface area contributed by atoms with Gasteiger partial charge in [-0.25, -0.2) is 4.68 Å². The molecule has 3 heterocycles. The summed E-state index contributed by atoms with van der Waals surface area (Å²) in [6, 6.07) is 13.9. The third-order valence-electron chi connectivity index (χ3n) is 3.52. The van der Waals surface area contributed by atoms with Crippen molar-refractivity contribution >= 4 is 39.8 Å². The van der Waals surface area contributed by atoms with E-state index in [-0.39, 0.29) is 5.91 Å². The Balaban J connectivity index is 1.64. The molecular weight excluding hydrogens is 366 g/mol. The molecule has 0 radical (unpaired) electrons. The molecule has 1 amide bonds. The summed E-state index contributed by atoms with van der Waals surface area (Å²) >= 11 is 2.88. The van der Waals surface area contributed by atoms with Gasteiger partial charge < -0.3 is 0 Å². The van der Waals surface area contributed by atoms with Crippen LogP contribution in [0.25, 0.3) is 22.3 Å². The molecule has 128 valence electrons. The second kappa shape index (κ2) is 7.42. The van der Waals surface area contributed by atoms with Gasteiger partial charge in [0.1, 0.15) is 11.2 Å². The van der Waals surface area contributed by atoms with Gasteiger partial charge >= 0.3 is 0 Å². The first kappa shape index (κ1) is 16.4. The Morgan fingerprint density at radius 1 is 1.12 bits per heavy atom. The predicted octanol–water partition coefficient (Wildman–Crippen LogP) is 4.10. The second-order valence-corrected chi connectivity index (χ2v) is 7.04. The Morgan fingerprint density at radius 3 is 2.73 bits per heavy atom. The zero-order valence-electron chi connectivity index (χ0n) is 13.4. The number of hydrogen-bond donors (Lipinski definition) is 1. The summed E-state index contributed by atoms with van der Waals surface area (Å²) in [6.07, 6.45) is 5.15. The zero-order chi connectivity index (χ0) is 17.8. The molecule has 0 fully saturated rings. The number of thiophene rings is 1. The number of carbonyl (C=O) groups excluding carboxylic acids is 1. The highest BCUT2D eigenvalue weighted by molar-refractivity contribution is 7.13. The summed E-state index contributed by atoms with van der Waals surface area (Å²) in [5.74, 6) is -0.258. The molecule has 0 saturated heterocycles. The van der Waals surface area contributed by atoms with Crippen molar-refractivity contribution in [3.63, 3.8) is 0 Å². The van der Waals surface area contributed by atoms with Crippen molar-refractivity contribution in [1.29, 1.82) is 0 Å². The number of nitrogens with one attached hydrogen (secondary N) is 1. The van der Waals surface area contributed by atoms with Gasteiger partial charge in [-0.2, -0.15) is 5.10 Å². The number of hydrogen-bond acceptors (Lipinski definition) is 6. The standard InChI is InChI=1S/C18H13N5OS2/c24-16(20-18-21-19-12-26-18)9-8-13-11-23(14-5-2-1-3-6-14)22-17(13)15-7-4-10-25-15/h1-12H,(H,20,21,24). The van der Waals surface area contributed by atoms with Crippen molar-refractivity contribution in [2.45, 2.75) is 0 Å². The van der Waals surface area contributed by atoms with Gasteiger partial charge in [-0.1, -0.05) is 35.6 Å². The Kier molecular flexibility index (Phi) is 4.67. The molecule has 6 nitrogen and oxygen atoms in total. The molecule has 0 bridgehead atoms. The highest BCUT2D eigenvalue weighted by Gasteiger charge is 2.12. The van der Waals surface area contributed by atoms with Crippen LogP contribution in [0.3, 0.4) is 0 Å². The van der Waals surface area contributed by atoms with E-state index in [4.69, 9.17) is 5.10 Å². The molecule has 0 aliphatic carbocycles. The number of carbonyl (C=O) groups is 1. The van der Waals surface area contributed by atoms with Crippen LogP contribution in [0.4, 0.5) is 5.13 Å². The van der Waals surface area contributed by atoms with E-state index in [1.54, 1.807) is 22.9 Å². The van der Waals surface area contributed by atoms with E-state index in [2.05, 4.69) is 15.5 Å². The molecular formula is C18H13N5OS2. The molecule has 0 aliphatic rings.